The molecule has 0 heterocycles. The Hall–Kier alpha value is -0.960. The summed E-state index contributed by atoms with van der Waals surface area (Å²) in [5, 5.41) is 3.36. The van der Waals surface area contributed by atoms with Gasteiger partial charge in [0.2, 0.25) is 0 Å². The van der Waals surface area contributed by atoms with Gasteiger partial charge in [-0.2, -0.15) is 0 Å². The molecule has 0 saturated carbocycles. The first-order chi connectivity index (χ1) is 7.58. The van der Waals surface area contributed by atoms with Gasteiger partial charge in [0, 0.05) is 12.1 Å². The maximum absolute atomic E-state index is 13.5. The molecule has 0 aliphatic heterocycles. The Kier molecular flexibility index (Phi) is 3.24. The summed E-state index contributed by atoms with van der Waals surface area (Å²) in [6, 6.07) is 2.55. The second-order valence-electron chi connectivity index (χ2n) is 4.85. The van der Waals surface area contributed by atoms with Crippen LogP contribution in [0.1, 0.15) is 37.4 Å². The van der Waals surface area contributed by atoms with Crippen molar-refractivity contribution in [2.75, 3.05) is 6.54 Å². The van der Waals surface area contributed by atoms with Crippen molar-refractivity contribution in [1.82, 2.24) is 5.32 Å². The van der Waals surface area contributed by atoms with Crippen LogP contribution in [0, 0.1) is 17.6 Å². The quantitative estimate of drug-likeness (QED) is 0.833. The Bertz CT molecular complexity index is 388. The van der Waals surface area contributed by atoms with Crippen LogP contribution < -0.4 is 5.32 Å². The molecule has 0 saturated heterocycles. The van der Waals surface area contributed by atoms with Gasteiger partial charge in [-0.05, 0) is 42.5 Å². The predicted octanol–water partition coefficient (Wildman–Crippen LogP) is 3.20. The molecule has 0 spiro atoms. The van der Waals surface area contributed by atoms with Crippen molar-refractivity contribution < 1.29 is 8.78 Å². The van der Waals surface area contributed by atoms with Crippen molar-refractivity contribution in [2.45, 2.75) is 32.7 Å². The zero-order valence-corrected chi connectivity index (χ0v) is 9.69. The minimum absolute atomic E-state index is 0.114. The zero-order chi connectivity index (χ0) is 11.7. The Labute approximate surface area is 94.9 Å². The summed E-state index contributed by atoms with van der Waals surface area (Å²) in [7, 11) is 0. The van der Waals surface area contributed by atoms with Gasteiger partial charge in [0.1, 0.15) is 11.6 Å². The van der Waals surface area contributed by atoms with Gasteiger partial charge in [0.05, 0.1) is 0 Å². The molecule has 3 heteroatoms. The molecule has 0 amide bonds. The average Bonchev–Trinajstić information content (AvgIpc) is 2.58. The topological polar surface area (TPSA) is 12.0 Å². The summed E-state index contributed by atoms with van der Waals surface area (Å²) in [5.74, 6) is -0.333. The first-order valence-electron chi connectivity index (χ1n) is 5.79. The van der Waals surface area contributed by atoms with Crippen molar-refractivity contribution >= 4 is 0 Å². The van der Waals surface area contributed by atoms with Crippen LogP contribution in [0.4, 0.5) is 8.78 Å². The SMILES string of the molecule is CC(C)CNC1CCc2c(F)cc(F)cc21. The third kappa shape index (κ3) is 2.24. The zero-order valence-electron chi connectivity index (χ0n) is 9.69. The lowest BCUT2D eigenvalue weighted by molar-refractivity contribution is 0.470. The molecule has 1 N–H and O–H groups in total. The molecule has 1 aromatic carbocycles. The third-order valence-corrected chi connectivity index (χ3v) is 3.03. The molecular weight excluding hydrogens is 208 g/mol. The van der Waals surface area contributed by atoms with Crippen molar-refractivity contribution in [2.24, 2.45) is 5.92 Å². The van der Waals surface area contributed by atoms with Gasteiger partial charge in [0.25, 0.3) is 0 Å². The van der Waals surface area contributed by atoms with Crippen LogP contribution in [0.5, 0.6) is 0 Å². The van der Waals surface area contributed by atoms with Crippen LogP contribution in [0.15, 0.2) is 12.1 Å². The van der Waals surface area contributed by atoms with Crippen LogP contribution in [-0.2, 0) is 6.42 Å². The molecule has 1 unspecified atom stereocenters. The van der Waals surface area contributed by atoms with E-state index in [9.17, 15) is 8.78 Å². The highest BCUT2D eigenvalue weighted by atomic mass is 19.1. The molecule has 1 nitrogen and oxygen atoms in total. The number of hydrogen-bond acceptors (Lipinski definition) is 1. The van der Waals surface area contributed by atoms with E-state index in [2.05, 4.69) is 19.2 Å². The molecule has 1 aliphatic carbocycles. The molecule has 2 rings (SSSR count). The highest BCUT2D eigenvalue weighted by Gasteiger charge is 2.25. The Balaban J connectivity index is 2.19. The minimum atomic E-state index is -0.477. The fourth-order valence-corrected chi connectivity index (χ4v) is 2.23. The molecule has 1 aromatic rings. The Morgan fingerprint density at radius 3 is 2.81 bits per heavy atom. The molecule has 1 aliphatic rings. The molecule has 0 radical (unpaired) electrons. The van der Waals surface area contributed by atoms with Gasteiger partial charge in [-0.1, -0.05) is 13.8 Å². The largest absolute Gasteiger partial charge is 0.310 e. The van der Waals surface area contributed by atoms with Crippen LogP contribution in [-0.4, -0.2) is 6.54 Å². The van der Waals surface area contributed by atoms with Crippen LogP contribution in [0.3, 0.4) is 0 Å². The van der Waals surface area contributed by atoms with E-state index in [1.54, 1.807) is 0 Å². The second kappa shape index (κ2) is 4.50. The van der Waals surface area contributed by atoms with E-state index in [4.69, 9.17) is 0 Å². The van der Waals surface area contributed by atoms with Crippen LogP contribution >= 0.6 is 0 Å². The molecule has 0 bridgehead atoms. The Morgan fingerprint density at radius 1 is 1.38 bits per heavy atom. The van der Waals surface area contributed by atoms with Crippen LogP contribution in [0.25, 0.3) is 0 Å². The normalized spacial score (nSPS) is 19.2. The van der Waals surface area contributed by atoms with Crippen molar-refractivity contribution in [3.05, 3.63) is 34.9 Å². The summed E-state index contributed by atoms with van der Waals surface area (Å²) in [4.78, 5) is 0. The van der Waals surface area contributed by atoms with E-state index in [0.29, 0.717) is 17.9 Å². The standard InChI is InChI=1S/C13H17F2N/c1-8(2)7-16-13-4-3-10-11(13)5-9(14)6-12(10)15/h5-6,8,13,16H,3-4,7H2,1-2H3. The molecule has 0 aromatic heterocycles. The monoisotopic (exact) mass is 225 g/mol. The molecule has 16 heavy (non-hydrogen) atoms. The summed E-state index contributed by atoms with van der Waals surface area (Å²) < 4.78 is 26.6. The lowest BCUT2D eigenvalue weighted by Crippen LogP contribution is -2.23. The van der Waals surface area contributed by atoms with Crippen molar-refractivity contribution in [3.63, 3.8) is 0 Å². The van der Waals surface area contributed by atoms with Crippen molar-refractivity contribution in [3.8, 4) is 0 Å². The number of hydrogen-bond donors (Lipinski definition) is 1. The maximum Gasteiger partial charge on any atom is 0.129 e. The van der Waals surface area contributed by atoms with E-state index in [1.165, 1.54) is 6.07 Å². The maximum atomic E-state index is 13.5. The average molecular weight is 225 g/mol. The molecule has 88 valence electrons. The fraction of sp³-hybridized carbons (Fsp3) is 0.538. The number of benzene rings is 1. The van der Waals surface area contributed by atoms with Crippen molar-refractivity contribution in [1.29, 1.82) is 0 Å². The highest BCUT2D eigenvalue weighted by molar-refractivity contribution is 5.36. The summed E-state index contributed by atoms with van der Waals surface area (Å²) in [5.41, 5.74) is 1.49. The number of rotatable bonds is 3. The Morgan fingerprint density at radius 2 is 2.12 bits per heavy atom. The predicted molar refractivity (Wildman–Crippen MR) is 60.3 cm³/mol. The first kappa shape index (κ1) is 11.5. The smallest absolute Gasteiger partial charge is 0.129 e. The van der Waals surface area contributed by atoms with Gasteiger partial charge >= 0.3 is 0 Å². The summed E-state index contributed by atoms with van der Waals surface area (Å²) >= 11 is 0. The van der Waals surface area contributed by atoms with Crippen LogP contribution in [0.2, 0.25) is 0 Å². The lowest BCUT2D eigenvalue weighted by atomic mass is 10.1. The van der Waals surface area contributed by atoms with E-state index < -0.39 is 11.6 Å². The lowest BCUT2D eigenvalue weighted by Gasteiger charge is -2.15. The molecule has 0 fully saturated rings. The van der Waals surface area contributed by atoms with Gasteiger partial charge in [-0.15, -0.1) is 0 Å². The number of halogens is 2. The fourth-order valence-electron chi connectivity index (χ4n) is 2.23. The number of fused-ring (bicyclic) bond motifs is 1. The van der Waals surface area contributed by atoms with E-state index in [1.807, 2.05) is 0 Å². The summed E-state index contributed by atoms with van der Waals surface area (Å²) in [6.07, 6.45) is 1.57. The first-order valence-corrected chi connectivity index (χ1v) is 5.79. The van der Waals surface area contributed by atoms with Gasteiger partial charge in [-0.25, -0.2) is 8.78 Å². The van der Waals surface area contributed by atoms with E-state index in [0.717, 1.165) is 24.6 Å². The van der Waals surface area contributed by atoms with Gasteiger partial charge in [0.15, 0.2) is 0 Å². The summed E-state index contributed by atoms with van der Waals surface area (Å²) in [6.45, 7) is 5.12. The number of nitrogens with one attached hydrogen (secondary N) is 1. The van der Waals surface area contributed by atoms with Gasteiger partial charge in [-0.3, -0.25) is 0 Å². The highest BCUT2D eigenvalue weighted by Crippen LogP contribution is 2.33. The molecule has 1 atom stereocenters. The minimum Gasteiger partial charge on any atom is -0.310 e. The second-order valence-corrected chi connectivity index (χ2v) is 4.85. The molecular formula is C13H17F2N. The van der Waals surface area contributed by atoms with E-state index >= 15 is 0 Å². The van der Waals surface area contributed by atoms with Gasteiger partial charge < -0.3 is 5.32 Å². The van der Waals surface area contributed by atoms with E-state index in [-0.39, 0.29) is 6.04 Å². The third-order valence-electron chi connectivity index (χ3n) is 3.03.